The van der Waals surface area contributed by atoms with Gasteiger partial charge in [0.15, 0.2) is 11.5 Å². The van der Waals surface area contributed by atoms with E-state index < -0.39 is 0 Å². The first-order valence-electron chi connectivity index (χ1n) is 6.53. The third-order valence-corrected chi connectivity index (χ3v) is 3.09. The van der Waals surface area contributed by atoms with E-state index in [0.717, 1.165) is 22.7 Å². The number of aromatic nitrogens is 3. The first kappa shape index (κ1) is 12.5. The molecule has 102 valence electrons. The Morgan fingerprint density at radius 2 is 1.95 bits per heavy atom. The number of anilines is 1. The molecule has 0 radical (unpaired) electrons. The average Bonchev–Trinajstić information content (AvgIpc) is 2.84. The molecule has 0 spiro atoms. The first-order valence-corrected chi connectivity index (χ1v) is 6.53. The number of ether oxygens (including phenoxy) is 1. The van der Waals surface area contributed by atoms with Gasteiger partial charge in [0.1, 0.15) is 5.75 Å². The highest BCUT2D eigenvalue weighted by molar-refractivity contribution is 5.70. The van der Waals surface area contributed by atoms with Crippen LogP contribution in [-0.4, -0.2) is 21.2 Å². The number of aryl methyl sites for hydroxylation is 1. The SMILES string of the molecule is CCOc1ccc(-c2nnc3c(N)cc(C)cn23)cc1. The molecule has 5 heteroatoms. The van der Waals surface area contributed by atoms with Crippen LogP contribution in [0.4, 0.5) is 5.69 Å². The van der Waals surface area contributed by atoms with Crippen LogP contribution in [0.5, 0.6) is 5.75 Å². The Labute approximate surface area is 117 Å². The van der Waals surface area contributed by atoms with Crippen LogP contribution in [0.15, 0.2) is 36.5 Å². The van der Waals surface area contributed by atoms with Gasteiger partial charge in [0.25, 0.3) is 0 Å². The molecule has 0 aliphatic rings. The van der Waals surface area contributed by atoms with Crippen molar-refractivity contribution < 1.29 is 4.74 Å². The van der Waals surface area contributed by atoms with E-state index in [1.165, 1.54) is 0 Å². The monoisotopic (exact) mass is 268 g/mol. The van der Waals surface area contributed by atoms with Gasteiger partial charge in [0.05, 0.1) is 12.3 Å². The molecule has 0 aliphatic heterocycles. The minimum atomic E-state index is 0.634. The highest BCUT2D eigenvalue weighted by Gasteiger charge is 2.10. The largest absolute Gasteiger partial charge is 0.494 e. The van der Waals surface area contributed by atoms with Crippen molar-refractivity contribution in [2.24, 2.45) is 0 Å². The standard InChI is InChI=1S/C15H16N4O/c1-3-20-12-6-4-11(5-7-12)14-17-18-15-13(16)8-10(2)9-19(14)15/h4-9H,3,16H2,1-2H3. The molecule has 0 aliphatic carbocycles. The van der Waals surface area contributed by atoms with Crippen molar-refractivity contribution in [3.63, 3.8) is 0 Å². The fraction of sp³-hybridized carbons (Fsp3) is 0.200. The van der Waals surface area contributed by atoms with Crippen molar-refractivity contribution in [1.29, 1.82) is 0 Å². The summed E-state index contributed by atoms with van der Waals surface area (Å²) in [5.74, 6) is 1.62. The molecule has 20 heavy (non-hydrogen) atoms. The number of nitrogens with zero attached hydrogens (tertiary/aromatic N) is 3. The predicted molar refractivity (Wildman–Crippen MR) is 78.7 cm³/mol. The van der Waals surface area contributed by atoms with E-state index in [1.54, 1.807) is 0 Å². The summed E-state index contributed by atoms with van der Waals surface area (Å²) in [6, 6.07) is 9.70. The summed E-state index contributed by atoms with van der Waals surface area (Å²) in [4.78, 5) is 0. The zero-order valence-electron chi connectivity index (χ0n) is 11.5. The quantitative estimate of drug-likeness (QED) is 0.793. The summed E-state index contributed by atoms with van der Waals surface area (Å²) >= 11 is 0. The van der Waals surface area contributed by atoms with Crippen molar-refractivity contribution in [2.75, 3.05) is 12.3 Å². The number of benzene rings is 1. The van der Waals surface area contributed by atoms with Crippen LogP contribution in [0.3, 0.4) is 0 Å². The minimum Gasteiger partial charge on any atom is -0.494 e. The Morgan fingerprint density at radius 1 is 1.20 bits per heavy atom. The summed E-state index contributed by atoms with van der Waals surface area (Å²) in [5.41, 5.74) is 9.33. The van der Waals surface area contributed by atoms with Crippen LogP contribution in [0.2, 0.25) is 0 Å². The molecule has 3 rings (SSSR count). The molecule has 2 N–H and O–H groups in total. The predicted octanol–water partition coefficient (Wildman–Crippen LogP) is 2.69. The molecule has 5 nitrogen and oxygen atoms in total. The van der Waals surface area contributed by atoms with Crippen molar-refractivity contribution in [3.8, 4) is 17.1 Å². The van der Waals surface area contributed by atoms with Gasteiger partial charge in [0.2, 0.25) is 0 Å². The Hall–Kier alpha value is -2.56. The lowest BCUT2D eigenvalue weighted by molar-refractivity contribution is 0.340. The van der Waals surface area contributed by atoms with E-state index in [4.69, 9.17) is 10.5 Å². The third kappa shape index (κ3) is 2.07. The molecule has 3 aromatic rings. The second kappa shape index (κ2) is 4.85. The maximum absolute atomic E-state index is 5.97. The number of nitrogens with two attached hydrogens (primary N) is 1. The van der Waals surface area contributed by atoms with Crippen LogP contribution in [0.25, 0.3) is 17.0 Å². The second-order valence-electron chi connectivity index (χ2n) is 4.65. The molecule has 0 saturated carbocycles. The number of rotatable bonds is 3. The van der Waals surface area contributed by atoms with Crippen LogP contribution >= 0.6 is 0 Å². The van der Waals surface area contributed by atoms with Gasteiger partial charge in [-0.15, -0.1) is 10.2 Å². The molecule has 2 heterocycles. The van der Waals surface area contributed by atoms with E-state index >= 15 is 0 Å². The Balaban J connectivity index is 2.10. The van der Waals surface area contributed by atoms with Gasteiger partial charge in [-0.1, -0.05) is 0 Å². The highest BCUT2D eigenvalue weighted by Crippen LogP contribution is 2.24. The van der Waals surface area contributed by atoms with Crippen molar-refractivity contribution in [2.45, 2.75) is 13.8 Å². The Kier molecular flexibility index (Phi) is 3.02. The van der Waals surface area contributed by atoms with Crippen LogP contribution in [0.1, 0.15) is 12.5 Å². The van der Waals surface area contributed by atoms with E-state index in [9.17, 15) is 0 Å². The molecule has 0 amide bonds. The Morgan fingerprint density at radius 3 is 2.65 bits per heavy atom. The smallest absolute Gasteiger partial charge is 0.184 e. The molecule has 0 saturated heterocycles. The zero-order valence-corrected chi connectivity index (χ0v) is 11.5. The van der Waals surface area contributed by atoms with Gasteiger partial charge in [-0.25, -0.2) is 0 Å². The maximum atomic E-state index is 5.97. The first-order chi connectivity index (χ1) is 9.69. The zero-order chi connectivity index (χ0) is 14.1. The molecule has 0 bridgehead atoms. The molecule has 1 aromatic carbocycles. The highest BCUT2D eigenvalue weighted by atomic mass is 16.5. The fourth-order valence-corrected chi connectivity index (χ4v) is 2.22. The topological polar surface area (TPSA) is 65.4 Å². The van der Waals surface area contributed by atoms with E-state index in [2.05, 4.69) is 10.2 Å². The molecule has 0 fully saturated rings. The van der Waals surface area contributed by atoms with Gasteiger partial charge < -0.3 is 10.5 Å². The summed E-state index contributed by atoms with van der Waals surface area (Å²) in [6.45, 7) is 4.62. The van der Waals surface area contributed by atoms with Gasteiger partial charge in [0, 0.05) is 11.8 Å². The van der Waals surface area contributed by atoms with E-state index in [1.807, 2.05) is 54.8 Å². The lowest BCUT2D eigenvalue weighted by atomic mass is 10.2. The maximum Gasteiger partial charge on any atom is 0.184 e. The molecule has 2 aromatic heterocycles. The normalized spacial score (nSPS) is 10.9. The third-order valence-electron chi connectivity index (χ3n) is 3.09. The lowest BCUT2D eigenvalue weighted by Gasteiger charge is -2.05. The van der Waals surface area contributed by atoms with Gasteiger partial charge in [-0.2, -0.15) is 0 Å². The molecular weight excluding hydrogens is 252 g/mol. The number of fused-ring (bicyclic) bond motifs is 1. The average molecular weight is 268 g/mol. The minimum absolute atomic E-state index is 0.634. The van der Waals surface area contributed by atoms with E-state index in [-0.39, 0.29) is 0 Å². The van der Waals surface area contributed by atoms with Gasteiger partial charge in [-0.3, -0.25) is 4.40 Å². The molecule has 0 atom stereocenters. The summed E-state index contributed by atoms with van der Waals surface area (Å²) in [5, 5.41) is 8.39. The number of hydrogen-bond acceptors (Lipinski definition) is 4. The fourth-order valence-electron chi connectivity index (χ4n) is 2.22. The van der Waals surface area contributed by atoms with Gasteiger partial charge >= 0.3 is 0 Å². The van der Waals surface area contributed by atoms with Crippen LogP contribution in [0, 0.1) is 6.92 Å². The summed E-state index contributed by atoms with van der Waals surface area (Å²) < 4.78 is 7.36. The Bertz CT molecular complexity index is 746. The van der Waals surface area contributed by atoms with E-state index in [0.29, 0.717) is 17.9 Å². The van der Waals surface area contributed by atoms with Crippen molar-refractivity contribution in [1.82, 2.24) is 14.6 Å². The second-order valence-corrected chi connectivity index (χ2v) is 4.65. The van der Waals surface area contributed by atoms with Gasteiger partial charge in [-0.05, 0) is 49.7 Å². The number of pyridine rings is 1. The van der Waals surface area contributed by atoms with Crippen LogP contribution in [-0.2, 0) is 0 Å². The van der Waals surface area contributed by atoms with Crippen molar-refractivity contribution in [3.05, 3.63) is 42.1 Å². The van der Waals surface area contributed by atoms with Crippen molar-refractivity contribution >= 4 is 11.3 Å². The number of nitrogen functional groups attached to an aromatic ring is 1. The lowest BCUT2D eigenvalue weighted by Crippen LogP contribution is -1.96. The molecular formula is C15H16N4O. The summed E-state index contributed by atoms with van der Waals surface area (Å²) in [7, 11) is 0. The summed E-state index contributed by atoms with van der Waals surface area (Å²) in [6.07, 6.45) is 1.98. The molecule has 0 unspecified atom stereocenters. The van der Waals surface area contributed by atoms with Crippen LogP contribution < -0.4 is 10.5 Å². The number of hydrogen-bond donors (Lipinski definition) is 1.